The molecule has 1 heterocycles. The van der Waals surface area contributed by atoms with Gasteiger partial charge in [-0.2, -0.15) is 0 Å². The molecule has 0 spiro atoms. The number of carbonyl (C=O) groups excluding carboxylic acids is 1. The molecule has 1 aromatic carbocycles. The number of nitrogens with two attached hydrogens (primary N) is 1. The molecule has 20 heavy (non-hydrogen) atoms. The number of nitrogens with one attached hydrogen (secondary N) is 1. The van der Waals surface area contributed by atoms with Crippen LogP contribution in [0.1, 0.15) is 43.9 Å². The number of fused-ring (bicyclic) bond motifs is 1. The molecule has 0 bridgehead atoms. The van der Waals surface area contributed by atoms with Crippen molar-refractivity contribution in [2.24, 2.45) is 5.73 Å². The van der Waals surface area contributed by atoms with E-state index in [1.807, 2.05) is 6.92 Å². The SMILES string of the molecule is CCCCNC(=O)CN1CCc2cc(C(C)N)ccc21. The molecule has 3 N–H and O–H groups in total. The van der Waals surface area contributed by atoms with E-state index in [-0.39, 0.29) is 11.9 Å². The molecule has 1 aromatic rings. The first-order chi connectivity index (χ1) is 9.61. The highest BCUT2D eigenvalue weighted by Gasteiger charge is 2.21. The monoisotopic (exact) mass is 275 g/mol. The maximum absolute atomic E-state index is 11.9. The fourth-order valence-corrected chi connectivity index (χ4v) is 2.57. The summed E-state index contributed by atoms with van der Waals surface area (Å²) < 4.78 is 0. The Balaban J connectivity index is 1.96. The van der Waals surface area contributed by atoms with Crippen LogP contribution in [0.4, 0.5) is 5.69 Å². The highest BCUT2D eigenvalue weighted by molar-refractivity contribution is 5.82. The summed E-state index contributed by atoms with van der Waals surface area (Å²) in [4.78, 5) is 14.0. The summed E-state index contributed by atoms with van der Waals surface area (Å²) in [5, 5.41) is 2.97. The Kier molecular flexibility index (Phi) is 5.01. The summed E-state index contributed by atoms with van der Waals surface area (Å²) in [7, 11) is 0. The van der Waals surface area contributed by atoms with Crippen LogP contribution in [0, 0.1) is 0 Å². The third kappa shape index (κ3) is 3.51. The molecule has 1 aliphatic rings. The molecule has 1 amide bonds. The third-order valence-corrected chi connectivity index (χ3v) is 3.81. The Morgan fingerprint density at radius 3 is 3.00 bits per heavy atom. The second-order valence-electron chi connectivity index (χ2n) is 5.55. The molecule has 2 rings (SSSR count). The van der Waals surface area contributed by atoms with Crippen molar-refractivity contribution in [2.45, 2.75) is 39.2 Å². The number of unbranched alkanes of at least 4 members (excludes halogenated alkanes) is 1. The van der Waals surface area contributed by atoms with E-state index in [1.54, 1.807) is 0 Å². The van der Waals surface area contributed by atoms with Crippen LogP contribution < -0.4 is 16.0 Å². The average molecular weight is 275 g/mol. The topological polar surface area (TPSA) is 58.4 Å². The Hall–Kier alpha value is -1.55. The van der Waals surface area contributed by atoms with Crippen LogP contribution in [0.15, 0.2) is 18.2 Å². The van der Waals surface area contributed by atoms with Crippen molar-refractivity contribution in [3.63, 3.8) is 0 Å². The van der Waals surface area contributed by atoms with E-state index in [4.69, 9.17) is 5.73 Å². The molecule has 4 heteroatoms. The van der Waals surface area contributed by atoms with E-state index >= 15 is 0 Å². The van der Waals surface area contributed by atoms with Gasteiger partial charge >= 0.3 is 0 Å². The van der Waals surface area contributed by atoms with Crippen LogP contribution in [0.2, 0.25) is 0 Å². The summed E-state index contributed by atoms with van der Waals surface area (Å²) in [6.45, 7) is 6.27. The minimum Gasteiger partial charge on any atom is -0.362 e. The van der Waals surface area contributed by atoms with Crippen LogP contribution >= 0.6 is 0 Å². The zero-order valence-electron chi connectivity index (χ0n) is 12.5. The van der Waals surface area contributed by atoms with Gasteiger partial charge in [0.1, 0.15) is 0 Å². The van der Waals surface area contributed by atoms with E-state index in [0.29, 0.717) is 6.54 Å². The number of carbonyl (C=O) groups is 1. The first kappa shape index (κ1) is 14.9. The predicted octanol–water partition coefficient (Wildman–Crippen LogP) is 1.99. The third-order valence-electron chi connectivity index (χ3n) is 3.81. The lowest BCUT2D eigenvalue weighted by molar-refractivity contribution is -0.119. The normalized spacial score (nSPS) is 15.1. The van der Waals surface area contributed by atoms with E-state index in [0.717, 1.165) is 37.9 Å². The maximum atomic E-state index is 11.9. The minimum absolute atomic E-state index is 0.0618. The van der Waals surface area contributed by atoms with Gasteiger partial charge in [-0.25, -0.2) is 0 Å². The number of hydrogen-bond acceptors (Lipinski definition) is 3. The fraction of sp³-hybridized carbons (Fsp3) is 0.562. The van der Waals surface area contributed by atoms with Crippen molar-refractivity contribution >= 4 is 11.6 Å². The van der Waals surface area contributed by atoms with Gasteiger partial charge in [-0.05, 0) is 37.0 Å². The first-order valence-corrected chi connectivity index (χ1v) is 7.52. The number of amides is 1. The van der Waals surface area contributed by atoms with Crippen molar-refractivity contribution in [2.75, 3.05) is 24.5 Å². The predicted molar refractivity (Wildman–Crippen MR) is 82.9 cm³/mol. The molecular formula is C16H25N3O. The average Bonchev–Trinajstić information content (AvgIpc) is 2.81. The van der Waals surface area contributed by atoms with Crippen molar-refractivity contribution in [1.82, 2.24) is 5.32 Å². The van der Waals surface area contributed by atoms with Crippen molar-refractivity contribution < 1.29 is 4.79 Å². The number of anilines is 1. The van der Waals surface area contributed by atoms with Crippen molar-refractivity contribution in [3.8, 4) is 0 Å². The highest BCUT2D eigenvalue weighted by atomic mass is 16.2. The van der Waals surface area contributed by atoms with Crippen molar-refractivity contribution in [3.05, 3.63) is 29.3 Å². The smallest absolute Gasteiger partial charge is 0.239 e. The zero-order chi connectivity index (χ0) is 14.5. The van der Waals surface area contributed by atoms with E-state index < -0.39 is 0 Å². The molecule has 1 atom stereocenters. The Bertz CT molecular complexity index is 471. The van der Waals surface area contributed by atoms with Gasteiger partial charge in [0.05, 0.1) is 6.54 Å². The minimum atomic E-state index is 0.0618. The van der Waals surface area contributed by atoms with Crippen LogP contribution in [0.25, 0.3) is 0 Å². The molecule has 110 valence electrons. The van der Waals surface area contributed by atoms with Gasteiger partial charge in [0.2, 0.25) is 5.91 Å². The van der Waals surface area contributed by atoms with Crippen LogP contribution in [-0.2, 0) is 11.2 Å². The fourth-order valence-electron chi connectivity index (χ4n) is 2.57. The molecule has 4 nitrogen and oxygen atoms in total. The van der Waals surface area contributed by atoms with Crippen LogP contribution in [0.3, 0.4) is 0 Å². The number of benzene rings is 1. The molecule has 0 saturated heterocycles. The summed E-state index contributed by atoms with van der Waals surface area (Å²) in [5.74, 6) is 0.113. The summed E-state index contributed by atoms with van der Waals surface area (Å²) in [5.41, 5.74) is 9.57. The van der Waals surface area contributed by atoms with Gasteiger partial charge in [-0.3, -0.25) is 4.79 Å². The maximum Gasteiger partial charge on any atom is 0.239 e. The molecule has 1 unspecified atom stereocenters. The van der Waals surface area contributed by atoms with E-state index in [2.05, 4.69) is 35.3 Å². The number of nitrogens with zero attached hydrogens (tertiary/aromatic N) is 1. The highest BCUT2D eigenvalue weighted by Crippen LogP contribution is 2.29. The first-order valence-electron chi connectivity index (χ1n) is 7.52. The molecule has 0 radical (unpaired) electrons. The second-order valence-corrected chi connectivity index (χ2v) is 5.55. The number of hydrogen-bond donors (Lipinski definition) is 2. The molecule has 0 aromatic heterocycles. The lowest BCUT2D eigenvalue weighted by atomic mass is 10.0. The van der Waals surface area contributed by atoms with Gasteiger partial charge in [-0.15, -0.1) is 0 Å². The lowest BCUT2D eigenvalue weighted by Gasteiger charge is -2.19. The lowest BCUT2D eigenvalue weighted by Crippen LogP contribution is -2.36. The summed E-state index contributed by atoms with van der Waals surface area (Å²) in [6.07, 6.45) is 3.14. The second kappa shape index (κ2) is 6.75. The Morgan fingerprint density at radius 1 is 1.50 bits per heavy atom. The molecular weight excluding hydrogens is 250 g/mol. The Labute approximate surface area is 121 Å². The van der Waals surface area contributed by atoms with Crippen LogP contribution in [-0.4, -0.2) is 25.5 Å². The largest absolute Gasteiger partial charge is 0.362 e. The molecule has 0 aliphatic carbocycles. The Morgan fingerprint density at radius 2 is 2.30 bits per heavy atom. The van der Waals surface area contributed by atoms with Gasteiger partial charge in [0, 0.05) is 24.8 Å². The van der Waals surface area contributed by atoms with Gasteiger partial charge in [0.25, 0.3) is 0 Å². The standard InChI is InChI=1S/C16H25N3O/c1-3-4-8-18-16(20)11-19-9-7-14-10-13(12(2)17)5-6-15(14)19/h5-6,10,12H,3-4,7-9,11,17H2,1-2H3,(H,18,20). The molecule has 0 saturated carbocycles. The summed E-state index contributed by atoms with van der Waals surface area (Å²) in [6, 6.07) is 6.40. The number of rotatable bonds is 6. The van der Waals surface area contributed by atoms with Gasteiger partial charge in [-0.1, -0.05) is 25.5 Å². The van der Waals surface area contributed by atoms with Gasteiger partial charge in [0.15, 0.2) is 0 Å². The molecule has 0 fully saturated rings. The van der Waals surface area contributed by atoms with E-state index in [9.17, 15) is 4.79 Å². The van der Waals surface area contributed by atoms with Crippen molar-refractivity contribution in [1.29, 1.82) is 0 Å². The zero-order valence-corrected chi connectivity index (χ0v) is 12.5. The summed E-state index contributed by atoms with van der Waals surface area (Å²) >= 11 is 0. The quantitative estimate of drug-likeness (QED) is 0.781. The van der Waals surface area contributed by atoms with Gasteiger partial charge < -0.3 is 16.0 Å². The van der Waals surface area contributed by atoms with E-state index in [1.165, 1.54) is 11.3 Å². The molecule has 1 aliphatic heterocycles. The van der Waals surface area contributed by atoms with Crippen LogP contribution in [0.5, 0.6) is 0 Å².